The summed E-state index contributed by atoms with van der Waals surface area (Å²) in [6.07, 6.45) is 3.29. The van der Waals surface area contributed by atoms with E-state index in [1.54, 1.807) is 20.2 Å². The maximum Gasteiger partial charge on any atom is 0.242 e. The Morgan fingerprint density at radius 1 is 1.41 bits per heavy atom. The Kier molecular flexibility index (Phi) is 3.64. The van der Waals surface area contributed by atoms with E-state index in [1.807, 2.05) is 29.2 Å². The average molecular weight is 366 g/mol. The Hall–Kier alpha value is -2.31. The predicted molar refractivity (Wildman–Crippen MR) is 98.4 cm³/mol. The van der Waals surface area contributed by atoms with Crippen LogP contribution in [-0.2, 0) is 14.3 Å². The summed E-state index contributed by atoms with van der Waals surface area (Å²) >= 11 is 0. The van der Waals surface area contributed by atoms with Crippen molar-refractivity contribution in [1.82, 2.24) is 9.88 Å². The van der Waals surface area contributed by atoms with E-state index in [2.05, 4.69) is 4.98 Å². The lowest BCUT2D eigenvalue weighted by Crippen LogP contribution is -2.68. The van der Waals surface area contributed by atoms with Gasteiger partial charge in [0.2, 0.25) is 5.72 Å². The van der Waals surface area contributed by atoms with Gasteiger partial charge in [0, 0.05) is 36.5 Å². The van der Waals surface area contributed by atoms with Crippen molar-refractivity contribution in [2.45, 2.75) is 44.1 Å². The minimum atomic E-state index is -1.39. The summed E-state index contributed by atoms with van der Waals surface area (Å²) in [5.74, 6) is 0.494. The van der Waals surface area contributed by atoms with Crippen molar-refractivity contribution in [3.05, 3.63) is 36.0 Å². The first-order valence-corrected chi connectivity index (χ1v) is 9.55. The van der Waals surface area contributed by atoms with E-state index < -0.39 is 5.72 Å². The molecule has 1 unspecified atom stereocenters. The number of fused-ring (bicyclic) bond motifs is 2. The van der Waals surface area contributed by atoms with Crippen molar-refractivity contribution in [3.8, 4) is 5.75 Å². The van der Waals surface area contributed by atoms with E-state index in [9.17, 15) is 9.59 Å². The number of carbonyl (C=O) groups excluding carboxylic acids is 2. The third kappa shape index (κ3) is 2.11. The van der Waals surface area contributed by atoms with Gasteiger partial charge in [-0.2, -0.15) is 0 Å². The molecule has 4 aliphatic heterocycles. The summed E-state index contributed by atoms with van der Waals surface area (Å²) in [4.78, 5) is 32.4. The largest absolute Gasteiger partial charge is 0.497 e. The van der Waals surface area contributed by atoms with Crippen molar-refractivity contribution in [3.63, 3.8) is 0 Å². The number of piperidine rings is 3. The number of ether oxygens (including phenoxy) is 2. The molecule has 1 aromatic carbocycles. The van der Waals surface area contributed by atoms with Crippen LogP contribution in [-0.4, -0.2) is 46.9 Å². The average Bonchev–Trinajstić information content (AvgIpc) is 3.02. The SMILES string of the molecule is CCC(=O)[C@@]12O[C@@H](c3ccnc4ccc(OC)cc34)[C@H]3C[C@H](CCN31)C2=O. The van der Waals surface area contributed by atoms with Crippen molar-refractivity contribution < 1.29 is 19.1 Å². The van der Waals surface area contributed by atoms with E-state index in [0.29, 0.717) is 6.42 Å². The number of hydrogen-bond acceptors (Lipinski definition) is 6. The number of nitrogens with zero attached hydrogens (tertiary/aromatic N) is 2. The number of hydrogen-bond donors (Lipinski definition) is 0. The Morgan fingerprint density at radius 3 is 3.04 bits per heavy atom. The van der Waals surface area contributed by atoms with Gasteiger partial charge in [0.25, 0.3) is 0 Å². The quantitative estimate of drug-likeness (QED) is 0.775. The van der Waals surface area contributed by atoms with Gasteiger partial charge in [0.1, 0.15) is 11.9 Å². The summed E-state index contributed by atoms with van der Waals surface area (Å²) in [6, 6.07) is 7.73. The van der Waals surface area contributed by atoms with E-state index in [1.165, 1.54) is 0 Å². The molecule has 1 aromatic heterocycles. The zero-order valence-corrected chi connectivity index (χ0v) is 15.5. The molecule has 27 heavy (non-hydrogen) atoms. The van der Waals surface area contributed by atoms with Crippen LogP contribution in [0.2, 0.25) is 0 Å². The van der Waals surface area contributed by atoms with Crippen molar-refractivity contribution in [2.75, 3.05) is 13.7 Å². The summed E-state index contributed by atoms with van der Waals surface area (Å²) in [5, 5.41) is 0.943. The van der Waals surface area contributed by atoms with Crippen LogP contribution >= 0.6 is 0 Å². The van der Waals surface area contributed by atoms with Gasteiger partial charge >= 0.3 is 0 Å². The Morgan fingerprint density at radius 2 is 2.26 bits per heavy atom. The Balaban J connectivity index is 1.67. The Labute approximate surface area is 157 Å². The highest BCUT2D eigenvalue weighted by molar-refractivity contribution is 6.12. The number of rotatable bonds is 4. The fraction of sp³-hybridized carbons (Fsp3) is 0.476. The van der Waals surface area contributed by atoms with Gasteiger partial charge in [-0.05, 0) is 42.7 Å². The highest BCUT2D eigenvalue weighted by Crippen LogP contribution is 2.54. The van der Waals surface area contributed by atoms with E-state index in [4.69, 9.17) is 9.47 Å². The van der Waals surface area contributed by atoms with Crippen LogP contribution in [0.4, 0.5) is 0 Å². The third-order valence-corrected chi connectivity index (χ3v) is 6.39. The molecule has 4 bridgehead atoms. The van der Waals surface area contributed by atoms with Gasteiger partial charge in [-0.3, -0.25) is 19.5 Å². The summed E-state index contributed by atoms with van der Waals surface area (Å²) < 4.78 is 11.8. The highest BCUT2D eigenvalue weighted by atomic mass is 16.6. The lowest BCUT2D eigenvalue weighted by molar-refractivity contribution is -0.183. The van der Waals surface area contributed by atoms with E-state index in [-0.39, 0.29) is 29.6 Å². The van der Waals surface area contributed by atoms with Crippen LogP contribution in [0.3, 0.4) is 0 Å². The van der Waals surface area contributed by atoms with Gasteiger partial charge in [0.05, 0.1) is 12.6 Å². The lowest BCUT2D eigenvalue weighted by Gasteiger charge is -2.48. The molecule has 0 radical (unpaired) electrons. The summed E-state index contributed by atoms with van der Waals surface area (Å²) in [7, 11) is 1.63. The first-order chi connectivity index (χ1) is 13.1. The number of benzene rings is 1. The molecule has 5 atom stereocenters. The number of aromatic nitrogens is 1. The smallest absolute Gasteiger partial charge is 0.242 e. The molecule has 4 aliphatic rings. The molecule has 5 heterocycles. The van der Waals surface area contributed by atoms with Crippen LogP contribution in [0.5, 0.6) is 5.75 Å². The fourth-order valence-electron chi connectivity index (χ4n) is 5.12. The molecule has 0 saturated carbocycles. The molecule has 2 aromatic rings. The van der Waals surface area contributed by atoms with Gasteiger partial charge in [0.15, 0.2) is 11.6 Å². The lowest BCUT2D eigenvalue weighted by atomic mass is 9.74. The number of Topliss-reactive ketones (excluding diaryl/α,β-unsaturated/α-hetero) is 2. The van der Waals surface area contributed by atoms with Gasteiger partial charge in [-0.25, -0.2) is 0 Å². The van der Waals surface area contributed by atoms with Gasteiger partial charge < -0.3 is 9.47 Å². The van der Waals surface area contributed by atoms with E-state index >= 15 is 0 Å². The van der Waals surface area contributed by atoms with Crippen LogP contribution in [0.15, 0.2) is 30.5 Å². The minimum absolute atomic E-state index is 0.0359. The molecule has 4 saturated heterocycles. The molecule has 0 amide bonds. The molecule has 0 spiro atoms. The fourth-order valence-corrected chi connectivity index (χ4v) is 5.12. The maximum absolute atomic E-state index is 13.1. The summed E-state index contributed by atoms with van der Waals surface area (Å²) in [5.41, 5.74) is 0.426. The topological polar surface area (TPSA) is 68.7 Å². The first-order valence-electron chi connectivity index (χ1n) is 9.55. The zero-order chi connectivity index (χ0) is 18.8. The van der Waals surface area contributed by atoms with Crippen molar-refractivity contribution in [2.24, 2.45) is 5.92 Å². The molecule has 0 aliphatic carbocycles. The minimum Gasteiger partial charge on any atom is -0.497 e. The molecule has 6 rings (SSSR count). The van der Waals surface area contributed by atoms with Crippen molar-refractivity contribution in [1.29, 1.82) is 0 Å². The van der Waals surface area contributed by atoms with Gasteiger partial charge in [-0.15, -0.1) is 0 Å². The molecule has 6 nitrogen and oxygen atoms in total. The maximum atomic E-state index is 13.1. The second-order valence-corrected chi connectivity index (χ2v) is 7.59. The normalized spacial score (nSPS) is 34.2. The van der Waals surface area contributed by atoms with Crippen LogP contribution < -0.4 is 4.74 Å². The molecule has 140 valence electrons. The molecule has 6 heteroatoms. The van der Waals surface area contributed by atoms with E-state index in [0.717, 1.165) is 41.6 Å². The number of pyridine rings is 1. The Bertz CT molecular complexity index is 958. The van der Waals surface area contributed by atoms with Crippen LogP contribution in [0, 0.1) is 5.92 Å². The second-order valence-electron chi connectivity index (χ2n) is 7.59. The molecular formula is C21H22N2O4. The monoisotopic (exact) mass is 366 g/mol. The first kappa shape index (κ1) is 16.8. The zero-order valence-electron chi connectivity index (χ0n) is 15.5. The summed E-state index contributed by atoms with van der Waals surface area (Å²) in [6.45, 7) is 2.53. The number of ketones is 2. The predicted octanol–water partition coefficient (Wildman–Crippen LogP) is 2.65. The van der Waals surface area contributed by atoms with Gasteiger partial charge in [-0.1, -0.05) is 6.92 Å². The third-order valence-electron chi connectivity index (χ3n) is 6.39. The number of methoxy groups -OCH3 is 1. The molecule has 4 fully saturated rings. The van der Waals surface area contributed by atoms with Crippen molar-refractivity contribution >= 4 is 22.5 Å². The van der Waals surface area contributed by atoms with Crippen LogP contribution in [0.25, 0.3) is 10.9 Å². The van der Waals surface area contributed by atoms with Crippen LogP contribution in [0.1, 0.15) is 37.9 Å². The molecular weight excluding hydrogens is 344 g/mol. The highest BCUT2D eigenvalue weighted by Gasteiger charge is 2.68. The number of carbonyl (C=O) groups is 2. The standard InChI is InChI=1S/C21H22N2O4/c1-3-18(24)21-20(25)12-7-9-23(21)17(10-12)19(27-21)14-6-8-22-16-5-4-13(26-2)11-15(14)16/h4-6,8,11-12,17,19H,3,7,9-10H2,1-2H3/t12-,17+,19-,21-/m0/s1. The molecule has 0 N–H and O–H groups in total. The second kappa shape index (κ2) is 5.84.